The third kappa shape index (κ3) is 3.19. The van der Waals surface area contributed by atoms with Gasteiger partial charge in [-0.1, -0.05) is 27.7 Å². The first kappa shape index (κ1) is 13.7. The lowest BCUT2D eigenvalue weighted by atomic mass is 9.85. The molecule has 0 unspecified atom stereocenters. The van der Waals surface area contributed by atoms with Crippen molar-refractivity contribution in [1.82, 2.24) is 4.98 Å². The van der Waals surface area contributed by atoms with E-state index in [4.69, 9.17) is 10.2 Å². The van der Waals surface area contributed by atoms with Gasteiger partial charge in [-0.2, -0.15) is 4.98 Å². The van der Waals surface area contributed by atoms with Gasteiger partial charge in [0, 0.05) is 18.3 Å². The Balaban J connectivity index is 2.09. The molecule has 0 saturated heterocycles. The maximum Gasteiger partial charge on any atom is 0.295 e. The van der Waals surface area contributed by atoms with Crippen LogP contribution in [-0.4, -0.2) is 11.5 Å². The van der Waals surface area contributed by atoms with E-state index in [1.54, 1.807) is 6.07 Å². The second-order valence-electron chi connectivity index (χ2n) is 5.78. The van der Waals surface area contributed by atoms with E-state index in [9.17, 15) is 0 Å². The molecule has 0 aliphatic carbocycles. The summed E-state index contributed by atoms with van der Waals surface area (Å²) in [5, 5.41) is 3.30. The highest BCUT2D eigenvalue weighted by molar-refractivity contribution is 5.78. The smallest absolute Gasteiger partial charge is 0.295 e. The fourth-order valence-corrected chi connectivity index (χ4v) is 2.46. The van der Waals surface area contributed by atoms with Crippen LogP contribution in [0.3, 0.4) is 0 Å². The maximum atomic E-state index is 5.73. The normalized spacial score (nSPS) is 11.9. The van der Waals surface area contributed by atoms with Gasteiger partial charge < -0.3 is 15.5 Å². The van der Waals surface area contributed by atoms with Crippen LogP contribution in [0.5, 0.6) is 0 Å². The van der Waals surface area contributed by atoms with Gasteiger partial charge in [0.15, 0.2) is 5.58 Å². The van der Waals surface area contributed by atoms with Gasteiger partial charge in [-0.05, 0) is 29.9 Å². The van der Waals surface area contributed by atoms with Crippen molar-refractivity contribution < 1.29 is 4.42 Å². The van der Waals surface area contributed by atoms with Gasteiger partial charge in [-0.3, -0.25) is 0 Å². The van der Waals surface area contributed by atoms with Crippen LogP contribution < -0.4 is 11.1 Å². The molecule has 4 nitrogen and oxygen atoms in total. The standard InChI is InChI=1S/C15H23N3O/c1-9(2)12(10(3)4)8-17-15-18-13-6-5-11(16)7-14(13)19-15/h5-7,9-10,12H,8,16H2,1-4H3,(H,17,18). The van der Waals surface area contributed by atoms with E-state index in [2.05, 4.69) is 38.0 Å². The van der Waals surface area contributed by atoms with Crippen molar-refractivity contribution in [1.29, 1.82) is 0 Å². The molecule has 0 saturated carbocycles. The Hall–Kier alpha value is -1.71. The molecule has 0 fully saturated rings. The van der Waals surface area contributed by atoms with Crippen molar-refractivity contribution >= 4 is 22.8 Å². The number of aromatic nitrogens is 1. The highest BCUT2D eigenvalue weighted by Crippen LogP contribution is 2.24. The lowest BCUT2D eigenvalue weighted by Crippen LogP contribution is -2.24. The van der Waals surface area contributed by atoms with Crippen molar-refractivity contribution in [3.05, 3.63) is 18.2 Å². The molecule has 4 heteroatoms. The molecule has 0 aliphatic rings. The summed E-state index contributed by atoms with van der Waals surface area (Å²) in [5.41, 5.74) is 7.98. The Morgan fingerprint density at radius 1 is 1.21 bits per heavy atom. The summed E-state index contributed by atoms with van der Waals surface area (Å²) in [6.45, 7) is 9.87. The van der Waals surface area contributed by atoms with Gasteiger partial charge in [0.2, 0.25) is 0 Å². The zero-order valence-corrected chi connectivity index (χ0v) is 12.1. The summed E-state index contributed by atoms with van der Waals surface area (Å²) >= 11 is 0. The van der Waals surface area contributed by atoms with E-state index >= 15 is 0 Å². The van der Waals surface area contributed by atoms with Crippen LogP contribution in [-0.2, 0) is 0 Å². The second-order valence-corrected chi connectivity index (χ2v) is 5.78. The molecule has 2 rings (SSSR count). The Kier molecular flexibility index (Phi) is 3.98. The van der Waals surface area contributed by atoms with Gasteiger partial charge in [-0.25, -0.2) is 0 Å². The average Bonchev–Trinajstić information content (AvgIpc) is 2.70. The van der Waals surface area contributed by atoms with Crippen LogP contribution in [0, 0.1) is 17.8 Å². The number of nitrogens with zero attached hydrogens (tertiary/aromatic N) is 1. The summed E-state index contributed by atoms with van der Waals surface area (Å²) in [5.74, 6) is 1.86. The number of hydrogen-bond acceptors (Lipinski definition) is 4. The van der Waals surface area contributed by atoms with Crippen LogP contribution >= 0.6 is 0 Å². The summed E-state index contributed by atoms with van der Waals surface area (Å²) in [6.07, 6.45) is 0. The van der Waals surface area contributed by atoms with E-state index < -0.39 is 0 Å². The average molecular weight is 261 g/mol. The van der Waals surface area contributed by atoms with Gasteiger partial charge >= 0.3 is 0 Å². The first-order valence-electron chi connectivity index (χ1n) is 6.87. The molecule has 2 aromatic rings. The number of oxazole rings is 1. The topological polar surface area (TPSA) is 64.1 Å². The number of rotatable bonds is 5. The minimum absolute atomic E-state index is 0.576. The SMILES string of the molecule is CC(C)C(CNc1nc2ccc(N)cc2o1)C(C)C. The number of anilines is 2. The zero-order chi connectivity index (χ0) is 14.0. The number of nitrogen functional groups attached to an aromatic ring is 1. The largest absolute Gasteiger partial charge is 0.423 e. The molecule has 3 N–H and O–H groups in total. The van der Waals surface area contributed by atoms with E-state index in [0.717, 1.165) is 17.6 Å². The van der Waals surface area contributed by atoms with E-state index in [1.165, 1.54) is 0 Å². The van der Waals surface area contributed by atoms with Gasteiger partial charge in [0.05, 0.1) is 0 Å². The highest BCUT2D eigenvalue weighted by Gasteiger charge is 2.18. The molecule has 104 valence electrons. The maximum absolute atomic E-state index is 5.73. The summed E-state index contributed by atoms with van der Waals surface area (Å²) in [6, 6.07) is 6.09. The second kappa shape index (κ2) is 5.51. The monoisotopic (exact) mass is 261 g/mol. The first-order chi connectivity index (χ1) is 8.97. The van der Waals surface area contributed by atoms with Crippen molar-refractivity contribution in [2.75, 3.05) is 17.6 Å². The summed E-state index contributed by atoms with van der Waals surface area (Å²) in [7, 11) is 0. The van der Waals surface area contributed by atoms with Crippen LogP contribution in [0.4, 0.5) is 11.7 Å². The van der Waals surface area contributed by atoms with Crippen LogP contribution in [0.2, 0.25) is 0 Å². The van der Waals surface area contributed by atoms with Crippen LogP contribution in [0.1, 0.15) is 27.7 Å². The third-order valence-corrected chi connectivity index (χ3v) is 3.61. The highest BCUT2D eigenvalue weighted by atomic mass is 16.4. The molecular formula is C15H23N3O. The summed E-state index contributed by atoms with van der Waals surface area (Å²) in [4.78, 5) is 4.41. The zero-order valence-electron chi connectivity index (χ0n) is 12.1. The Morgan fingerprint density at radius 2 is 1.89 bits per heavy atom. The molecule has 0 bridgehead atoms. The number of hydrogen-bond donors (Lipinski definition) is 2. The minimum Gasteiger partial charge on any atom is -0.423 e. The first-order valence-corrected chi connectivity index (χ1v) is 6.87. The number of fused-ring (bicyclic) bond motifs is 1. The van der Waals surface area contributed by atoms with Crippen molar-refractivity contribution in [3.8, 4) is 0 Å². The van der Waals surface area contributed by atoms with Gasteiger partial charge in [-0.15, -0.1) is 0 Å². The molecule has 1 aromatic heterocycles. The number of benzene rings is 1. The molecular weight excluding hydrogens is 238 g/mol. The molecule has 0 amide bonds. The van der Waals surface area contributed by atoms with Gasteiger partial charge in [0.25, 0.3) is 6.01 Å². The molecule has 0 spiro atoms. The van der Waals surface area contributed by atoms with E-state index in [-0.39, 0.29) is 0 Å². The van der Waals surface area contributed by atoms with E-state index in [1.807, 2.05) is 12.1 Å². The van der Waals surface area contributed by atoms with Crippen molar-refractivity contribution in [2.24, 2.45) is 17.8 Å². The molecule has 0 atom stereocenters. The van der Waals surface area contributed by atoms with Crippen LogP contribution in [0.25, 0.3) is 11.1 Å². The van der Waals surface area contributed by atoms with E-state index in [0.29, 0.717) is 29.5 Å². The lowest BCUT2D eigenvalue weighted by molar-refractivity contribution is 0.302. The van der Waals surface area contributed by atoms with Crippen molar-refractivity contribution in [2.45, 2.75) is 27.7 Å². The molecule has 1 heterocycles. The molecule has 0 radical (unpaired) electrons. The summed E-state index contributed by atoms with van der Waals surface area (Å²) < 4.78 is 5.66. The predicted molar refractivity (Wildman–Crippen MR) is 80.1 cm³/mol. The Bertz CT molecular complexity index is 537. The molecule has 1 aromatic carbocycles. The van der Waals surface area contributed by atoms with Crippen LogP contribution in [0.15, 0.2) is 22.6 Å². The fourth-order valence-electron chi connectivity index (χ4n) is 2.46. The van der Waals surface area contributed by atoms with Gasteiger partial charge in [0.1, 0.15) is 5.52 Å². The predicted octanol–water partition coefficient (Wildman–Crippen LogP) is 3.75. The quantitative estimate of drug-likeness (QED) is 0.804. The number of nitrogens with two attached hydrogens (primary N) is 1. The number of nitrogens with one attached hydrogen (secondary N) is 1. The Labute approximate surface area is 114 Å². The minimum atomic E-state index is 0.576. The molecule has 19 heavy (non-hydrogen) atoms. The molecule has 0 aliphatic heterocycles. The Morgan fingerprint density at radius 3 is 2.53 bits per heavy atom. The van der Waals surface area contributed by atoms with Crippen molar-refractivity contribution in [3.63, 3.8) is 0 Å². The lowest BCUT2D eigenvalue weighted by Gasteiger charge is -2.24. The fraction of sp³-hybridized carbons (Fsp3) is 0.533. The third-order valence-electron chi connectivity index (χ3n) is 3.61.